The van der Waals surface area contributed by atoms with Gasteiger partial charge in [-0.2, -0.15) is 5.10 Å². The minimum Gasteiger partial charge on any atom is -0.361 e. The van der Waals surface area contributed by atoms with Gasteiger partial charge < -0.3 is 4.52 Å². The number of rotatable bonds is 5. The average molecular weight is 381 g/mol. The van der Waals surface area contributed by atoms with Crippen LogP contribution in [0.3, 0.4) is 0 Å². The number of hydrogen-bond donors (Lipinski definition) is 0. The summed E-state index contributed by atoms with van der Waals surface area (Å²) in [4.78, 5) is 18.6. The summed E-state index contributed by atoms with van der Waals surface area (Å²) in [7, 11) is 0. The minimum atomic E-state index is -0.0792. The Hall–Kier alpha value is -2.81. The van der Waals surface area contributed by atoms with Gasteiger partial charge in [0.15, 0.2) is 5.82 Å². The second-order valence-corrected chi connectivity index (χ2v) is 7.66. The molecule has 0 N–H and O–H groups in total. The standard InChI is InChI=1S/C19H23N7O2/c27-19-5-4-18(26-13-20-12-21-26)22-25(19)10-14-6-8-24(9-7-14)11-16-15-2-1-3-17(15)28-23-16/h4-5,12-14H,1-3,6-11H2. The van der Waals surface area contributed by atoms with E-state index in [0.29, 0.717) is 18.3 Å². The van der Waals surface area contributed by atoms with Gasteiger partial charge in [0.2, 0.25) is 0 Å². The normalized spacial score (nSPS) is 17.9. The van der Waals surface area contributed by atoms with Crippen LogP contribution in [0.4, 0.5) is 0 Å². The molecule has 9 nitrogen and oxygen atoms in total. The second-order valence-electron chi connectivity index (χ2n) is 7.66. The van der Waals surface area contributed by atoms with Gasteiger partial charge in [-0.25, -0.2) is 14.3 Å². The summed E-state index contributed by atoms with van der Waals surface area (Å²) in [6, 6.07) is 3.22. The number of aromatic nitrogens is 6. The molecule has 5 rings (SSSR count). The summed E-state index contributed by atoms with van der Waals surface area (Å²) in [5.74, 6) is 2.13. The predicted octanol–water partition coefficient (Wildman–Crippen LogP) is 1.21. The first kappa shape index (κ1) is 17.3. The molecular formula is C19H23N7O2. The number of nitrogens with zero attached hydrogens (tertiary/aromatic N) is 7. The third kappa shape index (κ3) is 3.37. The Morgan fingerprint density at radius 1 is 1.18 bits per heavy atom. The molecule has 2 aliphatic rings. The largest absolute Gasteiger partial charge is 0.361 e. The third-order valence-electron chi connectivity index (χ3n) is 5.80. The SMILES string of the molecule is O=c1ccc(-n2cncn2)nn1CC1CCN(Cc2noc3c2CCC3)CC1. The van der Waals surface area contributed by atoms with Crippen LogP contribution in [-0.2, 0) is 25.9 Å². The Kier molecular flexibility index (Phi) is 4.52. The Labute approximate surface area is 162 Å². The van der Waals surface area contributed by atoms with Gasteiger partial charge in [-0.3, -0.25) is 9.69 Å². The van der Waals surface area contributed by atoms with Crippen molar-refractivity contribution in [2.75, 3.05) is 13.1 Å². The quantitative estimate of drug-likeness (QED) is 0.656. The molecule has 0 aromatic carbocycles. The van der Waals surface area contributed by atoms with E-state index in [4.69, 9.17) is 4.52 Å². The highest BCUT2D eigenvalue weighted by Gasteiger charge is 2.25. The smallest absolute Gasteiger partial charge is 0.266 e. The van der Waals surface area contributed by atoms with Crippen LogP contribution in [-0.4, -0.2) is 47.7 Å². The first-order chi connectivity index (χ1) is 13.8. The highest BCUT2D eigenvalue weighted by molar-refractivity contribution is 5.27. The molecule has 3 aromatic rings. The van der Waals surface area contributed by atoms with E-state index >= 15 is 0 Å². The molecule has 146 valence electrons. The maximum Gasteiger partial charge on any atom is 0.266 e. The lowest BCUT2D eigenvalue weighted by molar-refractivity contribution is 0.160. The van der Waals surface area contributed by atoms with Crippen LogP contribution < -0.4 is 5.56 Å². The van der Waals surface area contributed by atoms with Crippen LogP contribution >= 0.6 is 0 Å². The van der Waals surface area contributed by atoms with Gasteiger partial charge in [0, 0.05) is 31.1 Å². The second kappa shape index (κ2) is 7.31. The molecule has 28 heavy (non-hydrogen) atoms. The summed E-state index contributed by atoms with van der Waals surface area (Å²) in [6.45, 7) is 3.51. The molecule has 1 aliphatic heterocycles. The molecule has 0 atom stereocenters. The zero-order valence-corrected chi connectivity index (χ0v) is 15.7. The molecule has 1 aliphatic carbocycles. The van der Waals surface area contributed by atoms with Crippen molar-refractivity contribution in [3.05, 3.63) is 52.2 Å². The molecule has 4 heterocycles. The monoisotopic (exact) mass is 381 g/mol. The van der Waals surface area contributed by atoms with E-state index in [2.05, 4.69) is 25.2 Å². The molecule has 0 unspecified atom stereocenters. The van der Waals surface area contributed by atoms with E-state index in [9.17, 15) is 4.79 Å². The molecule has 0 amide bonds. The maximum atomic E-state index is 12.2. The number of aryl methyl sites for hydroxylation is 1. The zero-order chi connectivity index (χ0) is 18.9. The number of hydrogen-bond acceptors (Lipinski definition) is 7. The maximum absolute atomic E-state index is 12.2. The van der Waals surface area contributed by atoms with Gasteiger partial charge in [-0.05, 0) is 50.8 Å². The van der Waals surface area contributed by atoms with Crippen LogP contribution in [0.5, 0.6) is 0 Å². The van der Waals surface area contributed by atoms with Crippen LogP contribution in [0.15, 0.2) is 34.1 Å². The Morgan fingerprint density at radius 2 is 2.07 bits per heavy atom. The van der Waals surface area contributed by atoms with Crippen LogP contribution in [0.25, 0.3) is 5.82 Å². The van der Waals surface area contributed by atoms with Gasteiger partial charge >= 0.3 is 0 Å². The van der Waals surface area contributed by atoms with Crippen molar-refractivity contribution in [3.63, 3.8) is 0 Å². The zero-order valence-electron chi connectivity index (χ0n) is 15.7. The van der Waals surface area contributed by atoms with Crippen LogP contribution in [0.1, 0.15) is 36.3 Å². The molecule has 0 spiro atoms. The fourth-order valence-corrected chi connectivity index (χ4v) is 4.21. The Morgan fingerprint density at radius 3 is 2.89 bits per heavy atom. The summed E-state index contributed by atoms with van der Waals surface area (Å²) >= 11 is 0. The molecular weight excluding hydrogens is 358 g/mol. The predicted molar refractivity (Wildman–Crippen MR) is 99.9 cm³/mol. The molecule has 9 heteroatoms. The van der Waals surface area contributed by atoms with E-state index in [0.717, 1.165) is 56.8 Å². The third-order valence-corrected chi connectivity index (χ3v) is 5.80. The van der Waals surface area contributed by atoms with Crippen molar-refractivity contribution in [1.29, 1.82) is 0 Å². The Balaban J connectivity index is 1.21. The van der Waals surface area contributed by atoms with E-state index in [1.807, 2.05) is 0 Å². The van der Waals surface area contributed by atoms with E-state index in [1.165, 1.54) is 18.3 Å². The molecule has 3 aromatic heterocycles. The molecule has 0 bridgehead atoms. The lowest BCUT2D eigenvalue weighted by atomic mass is 9.96. The van der Waals surface area contributed by atoms with Crippen molar-refractivity contribution >= 4 is 0 Å². The van der Waals surface area contributed by atoms with Gasteiger partial charge in [0.05, 0.1) is 0 Å². The first-order valence-electron chi connectivity index (χ1n) is 9.88. The first-order valence-corrected chi connectivity index (χ1v) is 9.88. The highest BCUT2D eigenvalue weighted by atomic mass is 16.5. The van der Waals surface area contributed by atoms with Gasteiger partial charge in [0.1, 0.15) is 24.1 Å². The van der Waals surface area contributed by atoms with Gasteiger partial charge in [-0.15, -0.1) is 5.10 Å². The topological polar surface area (TPSA) is 94.9 Å². The molecule has 1 fully saturated rings. The highest BCUT2D eigenvalue weighted by Crippen LogP contribution is 2.27. The molecule has 0 saturated carbocycles. The van der Waals surface area contributed by atoms with Gasteiger partial charge in [0.25, 0.3) is 5.56 Å². The van der Waals surface area contributed by atoms with E-state index in [1.54, 1.807) is 27.8 Å². The van der Waals surface area contributed by atoms with E-state index < -0.39 is 0 Å². The number of likely N-dealkylation sites (tertiary alicyclic amines) is 1. The molecule has 0 radical (unpaired) electrons. The van der Waals surface area contributed by atoms with Crippen molar-refractivity contribution in [1.82, 2.24) is 34.6 Å². The fourth-order valence-electron chi connectivity index (χ4n) is 4.21. The summed E-state index contributed by atoms with van der Waals surface area (Å²) in [5, 5.41) is 12.8. The van der Waals surface area contributed by atoms with Crippen molar-refractivity contribution < 1.29 is 4.52 Å². The average Bonchev–Trinajstić information content (AvgIpc) is 3.45. The van der Waals surface area contributed by atoms with Crippen molar-refractivity contribution in [3.8, 4) is 5.82 Å². The lowest BCUT2D eigenvalue weighted by Crippen LogP contribution is -2.36. The number of fused-ring (bicyclic) bond motifs is 1. The van der Waals surface area contributed by atoms with Crippen LogP contribution in [0.2, 0.25) is 0 Å². The molecule has 1 saturated heterocycles. The number of piperidine rings is 1. The Bertz CT molecular complexity index is 1000. The van der Waals surface area contributed by atoms with Crippen molar-refractivity contribution in [2.45, 2.75) is 45.2 Å². The summed E-state index contributed by atoms with van der Waals surface area (Å²) in [6.07, 6.45) is 8.43. The minimum absolute atomic E-state index is 0.0792. The van der Waals surface area contributed by atoms with Crippen molar-refractivity contribution in [2.24, 2.45) is 5.92 Å². The van der Waals surface area contributed by atoms with E-state index in [-0.39, 0.29) is 5.56 Å². The van der Waals surface area contributed by atoms with Crippen LogP contribution in [0, 0.1) is 5.92 Å². The van der Waals surface area contributed by atoms with Gasteiger partial charge in [-0.1, -0.05) is 5.16 Å². The lowest BCUT2D eigenvalue weighted by Gasteiger charge is -2.31. The summed E-state index contributed by atoms with van der Waals surface area (Å²) < 4.78 is 8.59. The summed E-state index contributed by atoms with van der Waals surface area (Å²) in [5.41, 5.74) is 2.37. The fraction of sp³-hybridized carbons (Fsp3) is 0.526.